The molecule has 0 saturated heterocycles. The molecule has 1 aliphatic carbocycles. The highest BCUT2D eigenvalue weighted by Crippen LogP contribution is 2.55. The van der Waals surface area contributed by atoms with Gasteiger partial charge in [-0.25, -0.2) is 0 Å². The first-order chi connectivity index (χ1) is 29.1. The Morgan fingerprint density at radius 2 is 1.28 bits per heavy atom. The Morgan fingerprint density at radius 1 is 0.787 bits per heavy atom. The van der Waals surface area contributed by atoms with E-state index in [9.17, 15) is 9.59 Å². The number of carbonyl (C=O) groups excluding carboxylic acids is 1. The van der Waals surface area contributed by atoms with Crippen LogP contribution in [0.25, 0.3) is 0 Å². The summed E-state index contributed by atoms with van der Waals surface area (Å²) in [5.74, 6) is 0.468. The van der Waals surface area contributed by atoms with Crippen LogP contribution in [0.1, 0.15) is 107 Å². The average molecular weight is 855 g/mol. The molecule has 0 aromatic heterocycles. The van der Waals surface area contributed by atoms with Crippen LogP contribution in [0.2, 0.25) is 10.1 Å². The molecule has 1 aliphatic rings. The summed E-state index contributed by atoms with van der Waals surface area (Å²) in [5, 5.41) is 3.94. The first-order valence-electron chi connectivity index (χ1n) is 22.8. The van der Waals surface area contributed by atoms with Crippen molar-refractivity contribution >= 4 is 43.4 Å². The maximum absolute atomic E-state index is 13.5. The number of esters is 1. The van der Waals surface area contributed by atoms with Crippen molar-refractivity contribution in [3.05, 3.63) is 158 Å². The van der Waals surface area contributed by atoms with Crippen molar-refractivity contribution in [2.24, 2.45) is 23.7 Å². The summed E-state index contributed by atoms with van der Waals surface area (Å²) in [6, 6.07) is 42.7. The third kappa shape index (κ3) is 10.6. The van der Waals surface area contributed by atoms with E-state index in [1.807, 2.05) is 12.1 Å². The molecule has 5 atom stereocenters. The van der Waals surface area contributed by atoms with Gasteiger partial charge in [0.25, 0.3) is 16.6 Å². The van der Waals surface area contributed by atoms with Crippen molar-refractivity contribution in [2.75, 3.05) is 7.11 Å². The van der Waals surface area contributed by atoms with Crippen LogP contribution in [-0.4, -0.2) is 40.1 Å². The van der Waals surface area contributed by atoms with E-state index in [0.717, 1.165) is 55.3 Å². The number of unbranched alkanes of at least 4 members (excludes halogenated alkanes) is 3. The zero-order chi connectivity index (χ0) is 44.3. The van der Waals surface area contributed by atoms with E-state index in [1.165, 1.54) is 23.1 Å². The minimum atomic E-state index is -3.39. The molecular formula is C55H74O4Si2. The molecule has 0 aliphatic heterocycles. The van der Waals surface area contributed by atoms with Gasteiger partial charge >= 0.3 is 5.97 Å². The average Bonchev–Trinajstić information content (AvgIpc) is 3.54. The van der Waals surface area contributed by atoms with Crippen LogP contribution in [0.4, 0.5) is 0 Å². The summed E-state index contributed by atoms with van der Waals surface area (Å²) < 4.78 is 12.9. The normalized spacial score (nSPS) is 19.3. The van der Waals surface area contributed by atoms with Gasteiger partial charge in [-0.05, 0) is 81.2 Å². The Labute approximate surface area is 371 Å². The maximum atomic E-state index is 13.5. The molecule has 4 aromatic rings. The van der Waals surface area contributed by atoms with Gasteiger partial charge in [0.2, 0.25) is 0 Å². The molecule has 326 valence electrons. The predicted octanol–water partition coefficient (Wildman–Crippen LogP) is 11.3. The van der Waals surface area contributed by atoms with Crippen LogP contribution in [0.3, 0.4) is 0 Å². The lowest BCUT2D eigenvalue weighted by molar-refractivity contribution is -0.140. The van der Waals surface area contributed by atoms with Crippen LogP contribution >= 0.6 is 0 Å². The Morgan fingerprint density at radius 3 is 1.74 bits per heavy atom. The largest absolute Gasteiger partial charge is 0.469 e. The van der Waals surface area contributed by atoms with Gasteiger partial charge in [0.1, 0.15) is 0 Å². The Hall–Kier alpha value is -4.08. The van der Waals surface area contributed by atoms with Gasteiger partial charge in [-0.2, -0.15) is 0 Å². The zero-order valence-corrected chi connectivity index (χ0v) is 40.7. The standard InChI is InChI=1S/C55H74O4Si2/c1-11-12-28-40-55(9,59-61(53(4,5)6,47-33-22-15-23-34-47)48-35-24-16-25-36-48)41-39-49-43(2)42-50(44(49)3)51(37-26-17-27-38-52(56)58-10)54(7,8)60(57,45-29-18-13-19-30-45)46-31-20-14-21-32-46/h13-16,18-26,29-37,39,41,44,49-51,57H,2,11-12,17,27-28,38,40,42H2,1,3-10H3/b37-26-,41-39+/t44-,49+,50+,51?,55?/m1/s1. The lowest BCUT2D eigenvalue weighted by atomic mass is 9.75. The molecule has 0 bridgehead atoms. The van der Waals surface area contributed by atoms with Gasteiger partial charge in [-0.3, -0.25) is 4.79 Å². The highest BCUT2D eigenvalue weighted by molar-refractivity contribution is 7.00. The highest BCUT2D eigenvalue weighted by Gasteiger charge is 2.57. The lowest BCUT2D eigenvalue weighted by Gasteiger charge is -2.48. The highest BCUT2D eigenvalue weighted by atomic mass is 28.4. The first kappa shape index (κ1) is 48.0. The monoisotopic (exact) mass is 855 g/mol. The van der Waals surface area contributed by atoms with E-state index in [-0.39, 0.29) is 34.7 Å². The van der Waals surface area contributed by atoms with Crippen molar-refractivity contribution in [1.82, 2.24) is 0 Å². The molecular weight excluding hydrogens is 781 g/mol. The van der Waals surface area contributed by atoms with E-state index in [1.54, 1.807) is 0 Å². The predicted molar refractivity (Wildman–Crippen MR) is 263 cm³/mol. The second kappa shape index (κ2) is 20.9. The Balaban J connectivity index is 1.58. The van der Waals surface area contributed by atoms with Gasteiger partial charge in [-0.15, -0.1) is 0 Å². The molecule has 2 unspecified atom stereocenters. The minimum absolute atomic E-state index is 0.0251. The number of allylic oxidation sites excluding steroid dienone is 4. The SMILES string of the molecule is C=C1C[C@H](C(/C=C\CCCC(=O)OC)C(C)(C)[Si](O)(c2ccccc2)c2ccccc2)[C@H](C)[C@H]1/C=C/C(C)(CCCCC)O[Si](c1ccccc1)(c1ccccc1)C(C)(C)C. The lowest BCUT2D eigenvalue weighted by Crippen LogP contribution is -2.69. The van der Waals surface area contributed by atoms with Crippen LogP contribution in [-0.2, 0) is 14.0 Å². The number of rotatable bonds is 20. The van der Waals surface area contributed by atoms with Crippen LogP contribution in [0, 0.1) is 23.7 Å². The fourth-order valence-electron chi connectivity index (χ4n) is 10.4. The summed E-state index contributed by atoms with van der Waals surface area (Å²) >= 11 is 0. The topological polar surface area (TPSA) is 55.8 Å². The molecule has 0 heterocycles. The van der Waals surface area contributed by atoms with Crippen LogP contribution in [0.5, 0.6) is 0 Å². The smallest absolute Gasteiger partial charge is 0.305 e. The van der Waals surface area contributed by atoms with E-state index < -0.39 is 27.3 Å². The van der Waals surface area contributed by atoms with Crippen molar-refractivity contribution in [1.29, 1.82) is 0 Å². The summed E-state index contributed by atoms with van der Waals surface area (Å²) in [7, 11) is -4.81. The fourth-order valence-corrected chi connectivity index (χ4v) is 19.1. The molecule has 1 N–H and O–H groups in total. The first-order valence-corrected chi connectivity index (χ1v) is 26.7. The molecule has 4 nitrogen and oxygen atoms in total. The molecule has 6 heteroatoms. The van der Waals surface area contributed by atoms with Gasteiger partial charge in [-0.1, -0.05) is 226 Å². The number of carbonyl (C=O) groups is 1. The number of ether oxygens (including phenoxy) is 1. The maximum Gasteiger partial charge on any atom is 0.305 e. The van der Waals surface area contributed by atoms with Gasteiger partial charge < -0.3 is 14.0 Å². The van der Waals surface area contributed by atoms with Gasteiger partial charge in [0.05, 0.1) is 12.7 Å². The number of methoxy groups -OCH3 is 1. The van der Waals surface area contributed by atoms with Gasteiger partial charge in [0.15, 0.2) is 0 Å². The van der Waals surface area contributed by atoms with Crippen LogP contribution < -0.4 is 20.7 Å². The van der Waals surface area contributed by atoms with E-state index in [4.69, 9.17) is 15.7 Å². The minimum Gasteiger partial charge on any atom is -0.469 e. The second-order valence-electron chi connectivity index (χ2n) is 19.4. The summed E-state index contributed by atoms with van der Waals surface area (Å²) in [4.78, 5) is 25.5. The fraction of sp³-hybridized carbons (Fsp3) is 0.436. The number of benzene rings is 4. The van der Waals surface area contributed by atoms with E-state index in [2.05, 4.69) is 189 Å². The van der Waals surface area contributed by atoms with Crippen molar-refractivity contribution in [2.45, 2.75) is 122 Å². The quantitative estimate of drug-likeness (QED) is 0.0416. The molecule has 0 amide bonds. The Kier molecular flexibility index (Phi) is 16.4. The molecule has 61 heavy (non-hydrogen) atoms. The van der Waals surface area contributed by atoms with Gasteiger partial charge in [0, 0.05) is 12.3 Å². The third-order valence-electron chi connectivity index (χ3n) is 13.9. The van der Waals surface area contributed by atoms with Crippen molar-refractivity contribution in [3.63, 3.8) is 0 Å². The summed E-state index contributed by atoms with van der Waals surface area (Å²) in [5.41, 5.74) is 0.712. The molecule has 5 rings (SSSR count). The van der Waals surface area contributed by atoms with Crippen molar-refractivity contribution in [3.8, 4) is 0 Å². The molecule has 1 saturated carbocycles. The number of hydrogen-bond donors (Lipinski definition) is 1. The van der Waals surface area contributed by atoms with E-state index in [0.29, 0.717) is 6.42 Å². The molecule has 1 fully saturated rings. The van der Waals surface area contributed by atoms with Crippen LogP contribution in [0.15, 0.2) is 158 Å². The summed E-state index contributed by atoms with van der Waals surface area (Å²) in [6.07, 6.45) is 16.5. The summed E-state index contributed by atoms with van der Waals surface area (Å²) in [6.45, 7) is 23.5. The number of hydrogen-bond acceptors (Lipinski definition) is 4. The zero-order valence-electron chi connectivity index (χ0n) is 38.7. The third-order valence-corrected chi connectivity index (χ3v) is 23.6. The Bertz CT molecular complexity index is 1960. The second-order valence-corrected chi connectivity index (χ2v) is 27.5. The van der Waals surface area contributed by atoms with E-state index >= 15 is 0 Å². The molecule has 0 spiro atoms. The molecule has 0 radical (unpaired) electrons. The molecule has 4 aromatic carbocycles. The van der Waals surface area contributed by atoms with Crippen molar-refractivity contribution < 1.29 is 18.8 Å².